The molecule has 0 amide bonds. The first-order valence-electron chi connectivity index (χ1n) is 6.10. The highest BCUT2D eigenvalue weighted by Crippen LogP contribution is 2.26. The third-order valence-corrected chi connectivity index (χ3v) is 3.52. The fraction of sp³-hybridized carbons (Fsp3) is 0.133. The van der Waals surface area contributed by atoms with Crippen molar-refractivity contribution in [1.29, 1.82) is 0 Å². The number of fused-ring (bicyclic) bond motifs is 1. The maximum atomic E-state index is 13.7. The molecule has 0 unspecified atom stereocenters. The highest BCUT2D eigenvalue weighted by atomic mass is 35.5. The summed E-state index contributed by atoms with van der Waals surface area (Å²) in [6.45, 7) is 1.69. The Labute approximate surface area is 119 Å². The summed E-state index contributed by atoms with van der Waals surface area (Å²) in [5, 5.41) is 0. The predicted molar refractivity (Wildman–Crippen MR) is 75.3 cm³/mol. The summed E-state index contributed by atoms with van der Waals surface area (Å²) in [4.78, 5) is 4.31. The molecular weight excluding hydrogens is 282 g/mol. The number of nitrogens with zero attached hydrogens (tertiary/aromatic N) is 2. The normalized spacial score (nSPS) is 11.2. The Hall–Kier alpha value is -1.94. The maximum absolute atomic E-state index is 13.7. The van der Waals surface area contributed by atoms with E-state index in [0.717, 1.165) is 0 Å². The first kappa shape index (κ1) is 13.1. The van der Waals surface area contributed by atoms with Gasteiger partial charge in [0, 0.05) is 11.6 Å². The van der Waals surface area contributed by atoms with Crippen LogP contribution in [0.5, 0.6) is 0 Å². The van der Waals surface area contributed by atoms with Crippen LogP contribution in [0.2, 0.25) is 0 Å². The summed E-state index contributed by atoms with van der Waals surface area (Å²) in [5.41, 5.74) is 2.37. The molecule has 1 aromatic heterocycles. The van der Waals surface area contributed by atoms with Crippen molar-refractivity contribution in [2.24, 2.45) is 0 Å². The molecule has 102 valence electrons. The molecular formula is C15H11ClF2N2. The molecule has 0 spiro atoms. The highest BCUT2D eigenvalue weighted by molar-refractivity contribution is 6.17. The number of imidazole rings is 1. The average molecular weight is 293 g/mol. The topological polar surface area (TPSA) is 17.8 Å². The minimum absolute atomic E-state index is 0.159. The van der Waals surface area contributed by atoms with Crippen LogP contribution >= 0.6 is 11.6 Å². The fourth-order valence-corrected chi connectivity index (χ4v) is 2.48. The molecule has 0 fully saturated rings. The summed E-state index contributed by atoms with van der Waals surface area (Å²) in [6.07, 6.45) is 0. The number of halogens is 3. The van der Waals surface area contributed by atoms with Crippen LogP contribution in [0.15, 0.2) is 36.4 Å². The van der Waals surface area contributed by atoms with E-state index in [2.05, 4.69) is 4.98 Å². The molecule has 2 aromatic carbocycles. The molecule has 3 rings (SSSR count). The minimum Gasteiger partial charge on any atom is -0.295 e. The summed E-state index contributed by atoms with van der Waals surface area (Å²) < 4.78 is 28.8. The van der Waals surface area contributed by atoms with Gasteiger partial charge in [-0.15, -0.1) is 11.6 Å². The lowest BCUT2D eigenvalue weighted by Crippen LogP contribution is -2.02. The van der Waals surface area contributed by atoms with Crippen LogP contribution in [0.1, 0.15) is 11.4 Å². The van der Waals surface area contributed by atoms with Crippen molar-refractivity contribution in [3.63, 3.8) is 0 Å². The Morgan fingerprint density at radius 1 is 1.20 bits per heavy atom. The maximum Gasteiger partial charge on any atom is 0.129 e. The van der Waals surface area contributed by atoms with Crippen molar-refractivity contribution in [3.8, 4) is 5.69 Å². The second-order valence-electron chi connectivity index (χ2n) is 4.51. The zero-order chi connectivity index (χ0) is 14.3. The molecule has 1 heterocycles. The van der Waals surface area contributed by atoms with E-state index >= 15 is 0 Å². The third kappa shape index (κ3) is 1.96. The Morgan fingerprint density at radius 2 is 2.00 bits per heavy atom. The SMILES string of the molecule is Cc1c(F)cccc1-n1c(CCl)nc2cc(F)ccc21. The van der Waals surface area contributed by atoms with E-state index in [1.165, 1.54) is 18.2 Å². The molecule has 0 N–H and O–H groups in total. The monoisotopic (exact) mass is 292 g/mol. The molecule has 0 saturated carbocycles. The molecule has 5 heteroatoms. The number of benzene rings is 2. The largest absolute Gasteiger partial charge is 0.295 e. The lowest BCUT2D eigenvalue weighted by Gasteiger charge is -2.11. The van der Waals surface area contributed by atoms with Gasteiger partial charge in [-0.25, -0.2) is 13.8 Å². The first-order valence-corrected chi connectivity index (χ1v) is 6.63. The summed E-state index contributed by atoms with van der Waals surface area (Å²) in [5.74, 6) is 0.0545. The molecule has 20 heavy (non-hydrogen) atoms. The Balaban J connectivity index is 2.37. The highest BCUT2D eigenvalue weighted by Gasteiger charge is 2.15. The van der Waals surface area contributed by atoms with Crippen molar-refractivity contribution >= 4 is 22.6 Å². The molecule has 0 aliphatic rings. The lowest BCUT2D eigenvalue weighted by atomic mass is 10.2. The molecule has 0 aliphatic heterocycles. The van der Waals surface area contributed by atoms with Crippen LogP contribution in [-0.4, -0.2) is 9.55 Å². The van der Waals surface area contributed by atoms with Crippen molar-refractivity contribution < 1.29 is 8.78 Å². The van der Waals surface area contributed by atoms with Gasteiger partial charge >= 0.3 is 0 Å². The zero-order valence-corrected chi connectivity index (χ0v) is 11.5. The van der Waals surface area contributed by atoms with E-state index in [1.54, 1.807) is 29.7 Å². The summed E-state index contributed by atoms with van der Waals surface area (Å²) >= 11 is 5.91. The molecule has 0 radical (unpaired) electrons. The summed E-state index contributed by atoms with van der Waals surface area (Å²) in [6, 6.07) is 9.14. The predicted octanol–water partition coefficient (Wildman–Crippen LogP) is 4.35. The standard InChI is InChI=1S/C15H11ClF2N2/c1-9-11(18)3-2-4-13(9)20-14-6-5-10(17)7-12(14)19-15(20)8-16/h2-7H,8H2,1H3. The average Bonchev–Trinajstić information content (AvgIpc) is 2.79. The molecule has 0 atom stereocenters. The Bertz CT molecular complexity index is 796. The number of hydrogen-bond acceptors (Lipinski definition) is 1. The number of aromatic nitrogens is 2. The molecule has 2 nitrogen and oxygen atoms in total. The zero-order valence-electron chi connectivity index (χ0n) is 10.7. The van der Waals surface area contributed by atoms with Gasteiger partial charge in [-0.3, -0.25) is 4.57 Å². The van der Waals surface area contributed by atoms with Gasteiger partial charge in [0.25, 0.3) is 0 Å². The Morgan fingerprint density at radius 3 is 2.75 bits per heavy atom. The van der Waals surface area contributed by atoms with E-state index in [4.69, 9.17) is 11.6 Å². The third-order valence-electron chi connectivity index (χ3n) is 3.29. The quantitative estimate of drug-likeness (QED) is 0.642. The van der Waals surface area contributed by atoms with Crippen LogP contribution in [0.4, 0.5) is 8.78 Å². The van der Waals surface area contributed by atoms with E-state index in [1.807, 2.05) is 0 Å². The number of rotatable bonds is 2. The fourth-order valence-electron chi connectivity index (χ4n) is 2.30. The van der Waals surface area contributed by atoms with Gasteiger partial charge in [-0.1, -0.05) is 6.07 Å². The Kier molecular flexibility index (Phi) is 3.18. The van der Waals surface area contributed by atoms with Crippen molar-refractivity contribution in [3.05, 3.63) is 59.4 Å². The van der Waals surface area contributed by atoms with Gasteiger partial charge in [0.15, 0.2) is 0 Å². The number of alkyl halides is 1. The molecule has 3 aromatic rings. The van der Waals surface area contributed by atoms with Crippen molar-refractivity contribution in [1.82, 2.24) is 9.55 Å². The van der Waals surface area contributed by atoms with Gasteiger partial charge < -0.3 is 0 Å². The van der Waals surface area contributed by atoms with Gasteiger partial charge in [-0.2, -0.15) is 0 Å². The van der Waals surface area contributed by atoms with Crippen molar-refractivity contribution in [2.75, 3.05) is 0 Å². The van der Waals surface area contributed by atoms with Gasteiger partial charge in [0.1, 0.15) is 17.5 Å². The molecule has 0 saturated heterocycles. The van der Waals surface area contributed by atoms with E-state index in [9.17, 15) is 8.78 Å². The minimum atomic E-state index is -0.362. The van der Waals surface area contributed by atoms with Crippen LogP contribution in [0, 0.1) is 18.6 Å². The second kappa shape index (κ2) is 4.87. The number of hydrogen-bond donors (Lipinski definition) is 0. The van der Waals surface area contributed by atoms with Crippen LogP contribution < -0.4 is 0 Å². The summed E-state index contributed by atoms with van der Waals surface area (Å²) in [7, 11) is 0. The van der Waals surface area contributed by atoms with E-state index in [-0.39, 0.29) is 17.5 Å². The van der Waals surface area contributed by atoms with E-state index < -0.39 is 0 Å². The van der Waals surface area contributed by atoms with Crippen molar-refractivity contribution in [2.45, 2.75) is 12.8 Å². The van der Waals surface area contributed by atoms with Crippen LogP contribution in [-0.2, 0) is 5.88 Å². The second-order valence-corrected chi connectivity index (χ2v) is 4.78. The molecule has 0 bridgehead atoms. The van der Waals surface area contributed by atoms with Gasteiger partial charge in [0.05, 0.1) is 22.6 Å². The van der Waals surface area contributed by atoms with E-state index in [0.29, 0.717) is 28.1 Å². The lowest BCUT2D eigenvalue weighted by molar-refractivity contribution is 0.616. The van der Waals surface area contributed by atoms with Crippen LogP contribution in [0.25, 0.3) is 16.7 Å². The van der Waals surface area contributed by atoms with Gasteiger partial charge in [-0.05, 0) is 31.2 Å². The van der Waals surface area contributed by atoms with Gasteiger partial charge in [0.2, 0.25) is 0 Å². The first-order chi connectivity index (χ1) is 9.61. The molecule has 0 aliphatic carbocycles. The van der Waals surface area contributed by atoms with Crippen LogP contribution in [0.3, 0.4) is 0 Å². The smallest absolute Gasteiger partial charge is 0.129 e.